The summed E-state index contributed by atoms with van der Waals surface area (Å²) in [5, 5.41) is 0. The minimum absolute atomic E-state index is 0.143. The van der Waals surface area contributed by atoms with E-state index in [1.165, 1.54) is 19.2 Å². The van der Waals surface area contributed by atoms with Crippen molar-refractivity contribution in [3.05, 3.63) is 29.8 Å². The number of likely N-dealkylation sites (N-methyl/N-ethyl adjacent to an activating group) is 1. The second kappa shape index (κ2) is 7.84. The van der Waals surface area contributed by atoms with E-state index < -0.39 is 17.6 Å². The Balaban J connectivity index is 2.83. The number of hydrogen-bond donors (Lipinski definition) is 0. The molecule has 1 aromatic carbocycles. The molecule has 1 rings (SSSR count). The predicted molar refractivity (Wildman–Crippen MR) is 71.9 cm³/mol. The number of amides is 1. The first-order valence-electron chi connectivity index (χ1n) is 5.90. The topological polar surface area (TPSA) is 46.6 Å². The zero-order valence-electron chi connectivity index (χ0n) is 11.1. The van der Waals surface area contributed by atoms with Crippen LogP contribution in [0.15, 0.2) is 29.2 Å². The van der Waals surface area contributed by atoms with Crippen molar-refractivity contribution in [3.63, 3.8) is 0 Å². The van der Waals surface area contributed by atoms with Gasteiger partial charge in [-0.3, -0.25) is 9.59 Å². The third kappa shape index (κ3) is 4.80. The molecule has 0 radical (unpaired) electrons. The number of halogens is 2. The minimum atomic E-state index is -2.61. The van der Waals surface area contributed by atoms with Crippen molar-refractivity contribution in [3.8, 4) is 0 Å². The van der Waals surface area contributed by atoms with Gasteiger partial charge in [0.2, 0.25) is 0 Å². The van der Waals surface area contributed by atoms with Gasteiger partial charge in [0.1, 0.15) is 6.54 Å². The number of carbonyl (C=O) groups excluding carboxylic acids is 2. The van der Waals surface area contributed by atoms with E-state index in [9.17, 15) is 18.4 Å². The Bertz CT molecular complexity index is 482. The quantitative estimate of drug-likeness (QED) is 0.599. The fraction of sp³-hybridized carbons (Fsp3) is 0.385. The maximum absolute atomic E-state index is 12.4. The summed E-state index contributed by atoms with van der Waals surface area (Å²) in [4.78, 5) is 24.8. The highest BCUT2D eigenvalue weighted by molar-refractivity contribution is 7.99. The molecule has 0 saturated carbocycles. The normalized spacial score (nSPS) is 10.4. The van der Waals surface area contributed by atoms with Crippen molar-refractivity contribution in [1.29, 1.82) is 0 Å². The molecule has 0 fully saturated rings. The van der Waals surface area contributed by atoms with Crippen molar-refractivity contribution < 1.29 is 23.1 Å². The second-order valence-corrected chi connectivity index (χ2v) is 4.87. The lowest BCUT2D eigenvalue weighted by molar-refractivity contribution is -0.143. The lowest BCUT2D eigenvalue weighted by atomic mass is 10.2. The molecule has 0 saturated heterocycles. The number of benzene rings is 1. The summed E-state index contributed by atoms with van der Waals surface area (Å²) in [6.45, 7) is 1.66. The van der Waals surface area contributed by atoms with E-state index in [0.717, 1.165) is 4.90 Å². The molecule has 0 atom stereocenters. The van der Waals surface area contributed by atoms with Gasteiger partial charge in [0.25, 0.3) is 11.7 Å². The van der Waals surface area contributed by atoms with Crippen LogP contribution in [0.1, 0.15) is 17.3 Å². The lowest BCUT2D eigenvalue weighted by Crippen LogP contribution is -2.33. The molecular formula is C13H15F2NO3S. The minimum Gasteiger partial charge on any atom is -0.465 e. The van der Waals surface area contributed by atoms with Crippen LogP contribution < -0.4 is 0 Å². The highest BCUT2D eigenvalue weighted by Gasteiger charge is 2.20. The molecule has 0 unspecified atom stereocenters. The third-order valence-electron chi connectivity index (χ3n) is 2.35. The van der Waals surface area contributed by atoms with E-state index in [1.54, 1.807) is 19.1 Å². The number of alkyl halides is 2. The van der Waals surface area contributed by atoms with Gasteiger partial charge in [0, 0.05) is 11.9 Å². The first-order chi connectivity index (χ1) is 9.45. The van der Waals surface area contributed by atoms with Gasteiger partial charge < -0.3 is 9.64 Å². The Labute approximate surface area is 120 Å². The molecule has 7 heteroatoms. The van der Waals surface area contributed by atoms with Crippen molar-refractivity contribution in [1.82, 2.24) is 4.90 Å². The summed E-state index contributed by atoms with van der Waals surface area (Å²) in [6.07, 6.45) is 0. The number of hydrogen-bond acceptors (Lipinski definition) is 4. The number of carbonyl (C=O) groups is 2. The van der Waals surface area contributed by atoms with Crippen LogP contribution in [-0.4, -0.2) is 42.7 Å². The molecule has 4 nitrogen and oxygen atoms in total. The Morgan fingerprint density at radius 3 is 2.60 bits per heavy atom. The highest BCUT2D eigenvalue weighted by Crippen LogP contribution is 2.28. The van der Waals surface area contributed by atoms with Crippen LogP contribution in [0.5, 0.6) is 0 Å². The van der Waals surface area contributed by atoms with Crippen molar-refractivity contribution >= 4 is 23.6 Å². The van der Waals surface area contributed by atoms with Crippen molar-refractivity contribution in [2.75, 3.05) is 20.2 Å². The van der Waals surface area contributed by atoms with E-state index in [4.69, 9.17) is 4.74 Å². The number of esters is 1. The number of rotatable bonds is 6. The maximum atomic E-state index is 12.4. The number of ether oxygens (including phenoxy) is 1. The molecule has 0 aliphatic carbocycles. The zero-order chi connectivity index (χ0) is 15.1. The molecule has 0 aromatic heterocycles. The average Bonchev–Trinajstić information content (AvgIpc) is 2.38. The van der Waals surface area contributed by atoms with Crippen LogP contribution in [0.25, 0.3) is 0 Å². The molecule has 0 bridgehead atoms. The van der Waals surface area contributed by atoms with E-state index in [2.05, 4.69) is 0 Å². The van der Waals surface area contributed by atoms with E-state index in [-0.39, 0.29) is 23.6 Å². The summed E-state index contributed by atoms with van der Waals surface area (Å²) in [6, 6.07) is 6.06. The summed E-state index contributed by atoms with van der Waals surface area (Å²) in [7, 11) is 1.42. The van der Waals surface area contributed by atoms with Crippen LogP contribution in [-0.2, 0) is 9.53 Å². The van der Waals surface area contributed by atoms with Crippen LogP contribution in [0.2, 0.25) is 0 Å². The number of thioether (sulfide) groups is 1. The van der Waals surface area contributed by atoms with Gasteiger partial charge in [0.05, 0.1) is 12.2 Å². The Morgan fingerprint density at radius 1 is 1.35 bits per heavy atom. The summed E-state index contributed by atoms with van der Waals surface area (Å²) >= 11 is 0.303. The van der Waals surface area contributed by atoms with Crippen LogP contribution >= 0.6 is 11.8 Å². The first-order valence-corrected chi connectivity index (χ1v) is 6.78. The molecule has 0 aliphatic rings. The van der Waals surface area contributed by atoms with Gasteiger partial charge >= 0.3 is 5.97 Å². The lowest BCUT2D eigenvalue weighted by Gasteiger charge is -2.17. The standard InChI is InChI=1S/C13H15F2NO3S/c1-3-19-11(17)8-16(2)12(18)9-6-4-5-7-10(9)20-13(14)15/h4-7,13H,3,8H2,1-2H3. The van der Waals surface area contributed by atoms with E-state index in [0.29, 0.717) is 11.8 Å². The van der Waals surface area contributed by atoms with Gasteiger partial charge in [0.15, 0.2) is 0 Å². The summed E-state index contributed by atoms with van der Waals surface area (Å²) in [5.41, 5.74) is 0.143. The average molecular weight is 303 g/mol. The van der Waals surface area contributed by atoms with Gasteiger partial charge in [-0.2, -0.15) is 8.78 Å². The zero-order valence-corrected chi connectivity index (χ0v) is 12.0. The van der Waals surface area contributed by atoms with Crippen LogP contribution in [0.3, 0.4) is 0 Å². The SMILES string of the molecule is CCOC(=O)CN(C)C(=O)c1ccccc1SC(F)F. The second-order valence-electron chi connectivity index (χ2n) is 3.84. The molecule has 20 heavy (non-hydrogen) atoms. The van der Waals surface area contributed by atoms with Crippen molar-refractivity contribution in [2.24, 2.45) is 0 Å². The molecule has 110 valence electrons. The monoisotopic (exact) mass is 303 g/mol. The van der Waals surface area contributed by atoms with Gasteiger partial charge in [-0.15, -0.1) is 0 Å². The Kier molecular flexibility index (Phi) is 6.44. The molecular weight excluding hydrogens is 288 g/mol. The summed E-state index contributed by atoms with van der Waals surface area (Å²) < 4.78 is 29.6. The molecule has 0 N–H and O–H groups in total. The fourth-order valence-electron chi connectivity index (χ4n) is 1.52. The Morgan fingerprint density at radius 2 is 2.00 bits per heavy atom. The van der Waals surface area contributed by atoms with Gasteiger partial charge in [-0.1, -0.05) is 23.9 Å². The third-order valence-corrected chi connectivity index (χ3v) is 3.14. The summed E-state index contributed by atoms with van der Waals surface area (Å²) in [5.74, 6) is -3.65. The molecule has 0 heterocycles. The maximum Gasteiger partial charge on any atom is 0.325 e. The number of nitrogens with zero attached hydrogens (tertiary/aromatic N) is 1. The van der Waals surface area contributed by atoms with Crippen LogP contribution in [0.4, 0.5) is 8.78 Å². The molecule has 0 aliphatic heterocycles. The first kappa shape index (κ1) is 16.4. The molecule has 0 spiro atoms. The van der Waals surface area contributed by atoms with Gasteiger partial charge in [-0.05, 0) is 19.1 Å². The van der Waals surface area contributed by atoms with Gasteiger partial charge in [-0.25, -0.2) is 0 Å². The van der Waals surface area contributed by atoms with Crippen molar-refractivity contribution in [2.45, 2.75) is 17.6 Å². The molecule has 1 amide bonds. The van der Waals surface area contributed by atoms with Crippen LogP contribution in [0, 0.1) is 0 Å². The smallest absolute Gasteiger partial charge is 0.325 e. The fourth-order valence-corrected chi connectivity index (χ4v) is 2.15. The largest absolute Gasteiger partial charge is 0.465 e. The highest BCUT2D eigenvalue weighted by atomic mass is 32.2. The van der Waals surface area contributed by atoms with E-state index in [1.807, 2.05) is 0 Å². The van der Waals surface area contributed by atoms with E-state index >= 15 is 0 Å². The predicted octanol–water partition coefficient (Wildman–Crippen LogP) is 2.64. The Hall–Kier alpha value is -1.63. The molecule has 1 aromatic rings.